The van der Waals surface area contributed by atoms with E-state index in [1.807, 2.05) is 24.3 Å². The fraction of sp³-hybridized carbons (Fsp3) is 0.467. The number of benzene rings is 3. The number of nitrogens with zero attached hydrogens (tertiary/aromatic N) is 6. The number of fused-ring (bicyclic) bond motifs is 1. The normalized spacial score (nSPS) is 23.3. The topological polar surface area (TPSA) is 153 Å². The van der Waals surface area contributed by atoms with Crippen molar-refractivity contribution in [3.63, 3.8) is 0 Å². The first kappa shape index (κ1) is 40.3. The molecule has 4 fully saturated rings. The zero-order valence-electron chi connectivity index (χ0n) is 34.0. The molecule has 59 heavy (non-hydrogen) atoms. The Morgan fingerprint density at radius 2 is 1.63 bits per heavy atom. The number of carbonyl (C=O) groups is 3. The highest BCUT2D eigenvalue weighted by Crippen LogP contribution is 2.55. The fourth-order valence-electron chi connectivity index (χ4n) is 10.1. The summed E-state index contributed by atoms with van der Waals surface area (Å²) in [6.45, 7) is 14.9. The second-order valence-corrected chi connectivity index (χ2v) is 18.1. The molecule has 1 saturated carbocycles. The van der Waals surface area contributed by atoms with Crippen molar-refractivity contribution in [1.82, 2.24) is 25.3 Å². The molecule has 0 spiro atoms. The summed E-state index contributed by atoms with van der Waals surface area (Å²) in [6, 6.07) is 19.9. The summed E-state index contributed by atoms with van der Waals surface area (Å²) in [5, 5.41) is 20.9. The standard InChI is InChI=1S/C45H51ClN8O5/c1-44(2)42(45(3,4)43(44)59-32-13-10-30(25-47)35(46)24-32)50-39(56)29-8-11-31(12-9-29)52-18-16-28(17-19-52)27-51-20-22-53(23-21-51)36-7-5-6-33-34(36)26-48-54(41(33)58)37-14-15-38(55)49-40(37)57/h5-13,24,26,28,37,42-43H,14-23,27H2,1-4H3,(H,50,56)(H,49,55,57). The van der Waals surface area contributed by atoms with Crippen LogP contribution in [0.25, 0.3) is 10.8 Å². The molecule has 8 rings (SSSR count). The van der Waals surface area contributed by atoms with Gasteiger partial charge in [-0.3, -0.25) is 29.4 Å². The molecule has 1 aliphatic carbocycles. The van der Waals surface area contributed by atoms with Crippen LogP contribution in [0.5, 0.6) is 5.75 Å². The summed E-state index contributed by atoms with van der Waals surface area (Å²) >= 11 is 6.26. The predicted molar refractivity (Wildman–Crippen MR) is 227 cm³/mol. The number of rotatable bonds is 9. The van der Waals surface area contributed by atoms with Gasteiger partial charge in [0.05, 0.1) is 22.2 Å². The Morgan fingerprint density at radius 3 is 2.29 bits per heavy atom. The summed E-state index contributed by atoms with van der Waals surface area (Å²) in [6.07, 6.45) is 4.14. The lowest BCUT2D eigenvalue weighted by Gasteiger charge is -2.63. The van der Waals surface area contributed by atoms with Gasteiger partial charge < -0.3 is 19.9 Å². The average Bonchev–Trinajstić information content (AvgIpc) is 3.23. The van der Waals surface area contributed by atoms with Crippen LogP contribution in [-0.2, 0) is 9.59 Å². The molecule has 4 aromatic rings. The van der Waals surface area contributed by atoms with Crippen molar-refractivity contribution >= 4 is 51.5 Å². The maximum absolute atomic E-state index is 13.5. The Kier molecular flexibility index (Phi) is 10.9. The lowest BCUT2D eigenvalue weighted by atomic mass is 9.49. The van der Waals surface area contributed by atoms with Gasteiger partial charge in [-0.15, -0.1) is 0 Å². The maximum atomic E-state index is 13.5. The van der Waals surface area contributed by atoms with Crippen LogP contribution in [0, 0.1) is 28.1 Å². The molecule has 0 bridgehead atoms. The second kappa shape index (κ2) is 16.0. The number of carbonyl (C=O) groups excluding carboxylic acids is 3. The zero-order chi connectivity index (χ0) is 41.6. The third kappa shape index (κ3) is 7.76. The SMILES string of the molecule is CC1(C)C(NC(=O)c2ccc(N3CCC(CN4CCN(c5cccc6c(=O)n(C7CCC(=O)NC7=O)ncc56)CC4)CC3)cc2)C(C)(C)C1Oc1ccc(C#N)c(Cl)c1. The van der Waals surface area contributed by atoms with E-state index in [0.29, 0.717) is 33.2 Å². The van der Waals surface area contributed by atoms with Crippen molar-refractivity contribution < 1.29 is 19.1 Å². The number of piperidine rings is 2. The van der Waals surface area contributed by atoms with E-state index in [-0.39, 0.29) is 53.2 Å². The Labute approximate surface area is 349 Å². The largest absolute Gasteiger partial charge is 0.489 e. The molecule has 4 heterocycles. The molecule has 1 unspecified atom stereocenters. The number of hydrogen-bond donors (Lipinski definition) is 2. The Morgan fingerprint density at radius 1 is 0.915 bits per heavy atom. The molecular formula is C45H51ClN8O5. The number of anilines is 2. The highest BCUT2D eigenvalue weighted by Gasteiger charge is 2.64. The van der Waals surface area contributed by atoms with Crippen molar-refractivity contribution in [3.05, 3.63) is 93.4 Å². The van der Waals surface area contributed by atoms with Crippen LogP contribution in [0.3, 0.4) is 0 Å². The third-order valence-corrected chi connectivity index (χ3v) is 13.4. The van der Waals surface area contributed by atoms with Crippen molar-refractivity contribution in [2.75, 3.05) is 55.6 Å². The van der Waals surface area contributed by atoms with Crippen LogP contribution in [0.15, 0.2) is 71.7 Å². The fourth-order valence-corrected chi connectivity index (χ4v) is 10.3. The molecule has 3 aliphatic heterocycles. The van der Waals surface area contributed by atoms with Crippen LogP contribution in [0.2, 0.25) is 5.02 Å². The van der Waals surface area contributed by atoms with E-state index >= 15 is 0 Å². The number of aromatic nitrogens is 2. The number of nitriles is 1. The molecular weight excluding hydrogens is 768 g/mol. The van der Waals surface area contributed by atoms with Crippen molar-refractivity contribution in [3.8, 4) is 11.8 Å². The van der Waals surface area contributed by atoms with Gasteiger partial charge in [-0.25, -0.2) is 4.68 Å². The molecule has 1 atom stereocenters. The lowest BCUT2D eigenvalue weighted by Crippen LogP contribution is -2.74. The molecule has 1 aromatic heterocycles. The zero-order valence-corrected chi connectivity index (χ0v) is 34.8. The molecule has 14 heteroatoms. The Hall–Kier alpha value is -5.45. The highest BCUT2D eigenvalue weighted by molar-refractivity contribution is 6.31. The first-order valence-electron chi connectivity index (χ1n) is 20.6. The van der Waals surface area contributed by atoms with Gasteiger partial charge in [0.2, 0.25) is 5.91 Å². The van der Waals surface area contributed by atoms with Crippen molar-refractivity contribution in [2.24, 2.45) is 16.7 Å². The minimum Gasteiger partial charge on any atom is -0.489 e. The molecule has 0 radical (unpaired) electrons. The van der Waals surface area contributed by atoms with E-state index in [9.17, 15) is 24.4 Å². The number of amides is 3. The Bertz CT molecular complexity index is 2360. The number of nitrogens with one attached hydrogen (secondary N) is 2. The van der Waals surface area contributed by atoms with Gasteiger partial charge in [0.25, 0.3) is 17.4 Å². The van der Waals surface area contributed by atoms with Crippen molar-refractivity contribution in [2.45, 2.75) is 71.6 Å². The van der Waals surface area contributed by atoms with Crippen molar-refractivity contribution in [1.29, 1.82) is 5.26 Å². The van der Waals surface area contributed by atoms with Gasteiger partial charge in [0, 0.05) is 97.5 Å². The molecule has 3 saturated heterocycles. The van der Waals surface area contributed by atoms with Crippen LogP contribution in [0.1, 0.15) is 75.3 Å². The molecule has 308 valence electrons. The van der Waals surface area contributed by atoms with Gasteiger partial charge in [-0.1, -0.05) is 45.4 Å². The molecule has 2 N–H and O–H groups in total. The smallest absolute Gasteiger partial charge is 0.275 e. The third-order valence-electron chi connectivity index (χ3n) is 13.1. The number of imide groups is 1. The van der Waals surface area contributed by atoms with E-state index < -0.39 is 11.9 Å². The lowest BCUT2D eigenvalue weighted by molar-refractivity contribution is -0.164. The van der Waals surface area contributed by atoms with E-state index in [2.05, 4.69) is 76.3 Å². The molecule has 4 aliphatic rings. The minimum absolute atomic E-state index is 0.105. The van der Waals surface area contributed by atoms with Crippen LogP contribution in [0.4, 0.5) is 11.4 Å². The van der Waals surface area contributed by atoms with Gasteiger partial charge >= 0.3 is 0 Å². The van der Waals surface area contributed by atoms with Gasteiger partial charge in [0.15, 0.2) is 0 Å². The van der Waals surface area contributed by atoms with E-state index in [1.165, 1.54) is 4.68 Å². The van der Waals surface area contributed by atoms with Gasteiger partial charge in [-0.05, 0) is 73.7 Å². The molecule has 3 amide bonds. The Balaban J connectivity index is 0.807. The van der Waals surface area contributed by atoms with Gasteiger partial charge in [-0.2, -0.15) is 10.4 Å². The van der Waals surface area contributed by atoms with Crippen LogP contribution in [-0.4, -0.2) is 90.4 Å². The molecule has 3 aromatic carbocycles. The average molecular weight is 819 g/mol. The van der Waals surface area contributed by atoms with E-state index in [1.54, 1.807) is 30.5 Å². The maximum Gasteiger partial charge on any atom is 0.275 e. The van der Waals surface area contributed by atoms with Gasteiger partial charge in [0.1, 0.15) is 24.0 Å². The summed E-state index contributed by atoms with van der Waals surface area (Å²) in [7, 11) is 0. The molecule has 13 nitrogen and oxygen atoms in total. The van der Waals surface area contributed by atoms with E-state index in [4.69, 9.17) is 16.3 Å². The van der Waals surface area contributed by atoms with Crippen LogP contribution < -0.4 is 30.7 Å². The predicted octanol–water partition coefficient (Wildman–Crippen LogP) is 5.55. The first-order valence-corrected chi connectivity index (χ1v) is 21.0. The van der Waals surface area contributed by atoms with E-state index in [0.717, 1.165) is 75.4 Å². The number of piperazine rings is 1. The number of ether oxygens (including phenoxy) is 1. The summed E-state index contributed by atoms with van der Waals surface area (Å²) < 4.78 is 7.61. The number of hydrogen-bond acceptors (Lipinski definition) is 10. The minimum atomic E-state index is -0.790. The highest BCUT2D eigenvalue weighted by atomic mass is 35.5. The summed E-state index contributed by atoms with van der Waals surface area (Å²) in [5.74, 6) is 0.286. The second-order valence-electron chi connectivity index (χ2n) is 17.7. The summed E-state index contributed by atoms with van der Waals surface area (Å²) in [4.78, 5) is 58.3. The first-order chi connectivity index (χ1) is 28.2. The quantitative estimate of drug-likeness (QED) is 0.206. The van der Waals surface area contributed by atoms with Crippen LogP contribution >= 0.6 is 11.6 Å². The number of halogens is 1. The monoisotopic (exact) mass is 818 g/mol. The summed E-state index contributed by atoms with van der Waals surface area (Å²) in [5.41, 5.74) is 2.11.